The molecule has 100 valence electrons. The molecule has 0 aromatic heterocycles. The van der Waals surface area contributed by atoms with Crippen LogP contribution in [-0.2, 0) is 4.79 Å². The van der Waals surface area contributed by atoms with Crippen LogP contribution in [0.2, 0.25) is 0 Å². The Kier molecular flexibility index (Phi) is 4.15. The number of hydrogen-bond acceptors (Lipinski definition) is 2. The smallest absolute Gasteiger partial charge is 0.237 e. The zero-order chi connectivity index (χ0) is 13.8. The van der Waals surface area contributed by atoms with Crippen LogP contribution in [0.1, 0.15) is 35.2 Å². The van der Waals surface area contributed by atoms with Gasteiger partial charge in [-0.2, -0.15) is 0 Å². The van der Waals surface area contributed by atoms with Crippen LogP contribution in [-0.4, -0.2) is 23.1 Å². The lowest BCUT2D eigenvalue weighted by atomic mass is 9.92. The third-order valence-corrected chi connectivity index (χ3v) is 3.60. The summed E-state index contributed by atoms with van der Waals surface area (Å²) in [6.45, 7) is 6.29. The Balaban J connectivity index is 2.23. The van der Waals surface area contributed by atoms with Gasteiger partial charge >= 0.3 is 0 Å². The van der Waals surface area contributed by atoms with Gasteiger partial charge in [-0.1, -0.05) is 42.8 Å². The Morgan fingerprint density at radius 1 is 1.32 bits per heavy atom. The molecule has 0 spiro atoms. The predicted octanol–water partition coefficient (Wildman–Crippen LogP) is 2.95. The maximum absolute atomic E-state index is 12.5. The van der Waals surface area contributed by atoms with E-state index in [1.807, 2.05) is 19.1 Å². The molecule has 0 saturated carbocycles. The standard InChI is InChI=1S/C16H19NO2/c1-3-17-11-5-4-6-14(16(17)19)15(18)13-9-7-12(2)8-10-13/h3,7-10,14H,1,4-6,11H2,2H3/t14-/m1/s1. The second-order valence-electron chi connectivity index (χ2n) is 4.99. The van der Waals surface area contributed by atoms with Gasteiger partial charge in [0.25, 0.3) is 0 Å². The van der Waals surface area contributed by atoms with Crippen molar-refractivity contribution in [3.8, 4) is 0 Å². The van der Waals surface area contributed by atoms with Crippen LogP contribution >= 0.6 is 0 Å². The van der Waals surface area contributed by atoms with E-state index < -0.39 is 5.92 Å². The lowest BCUT2D eigenvalue weighted by molar-refractivity contribution is -0.130. The number of Topliss-reactive ketones (excluding diaryl/α,β-unsaturated/α-hetero) is 1. The van der Waals surface area contributed by atoms with Crippen molar-refractivity contribution in [3.63, 3.8) is 0 Å². The predicted molar refractivity (Wildman–Crippen MR) is 74.8 cm³/mol. The highest BCUT2D eigenvalue weighted by atomic mass is 16.2. The van der Waals surface area contributed by atoms with Gasteiger partial charge in [0.15, 0.2) is 5.78 Å². The topological polar surface area (TPSA) is 37.4 Å². The van der Waals surface area contributed by atoms with Crippen molar-refractivity contribution in [1.29, 1.82) is 0 Å². The first-order chi connectivity index (χ1) is 9.13. The summed E-state index contributed by atoms with van der Waals surface area (Å²) in [5, 5.41) is 0. The minimum absolute atomic E-state index is 0.0706. The number of carbonyl (C=O) groups is 2. The molecule has 1 aromatic carbocycles. The van der Waals surface area contributed by atoms with Crippen molar-refractivity contribution >= 4 is 11.7 Å². The summed E-state index contributed by atoms with van der Waals surface area (Å²) in [5.41, 5.74) is 1.73. The molecule has 2 rings (SSSR count). The van der Waals surface area contributed by atoms with E-state index >= 15 is 0 Å². The largest absolute Gasteiger partial charge is 0.319 e. The van der Waals surface area contributed by atoms with Crippen molar-refractivity contribution in [2.45, 2.75) is 26.2 Å². The van der Waals surface area contributed by atoms with Crippen LogP contribution in [0.25, 0.3) is 0 Å². The van der Waals surface area contributed by atoms with Crippen molar-refractivity contribution in [2.24, 2.45) is 5.92 Å². The Labute approximate surface area is 113 Å². The van der Waals surface area contributed by atoms with Crippen LogP contribution in [0, 0.1) is 12.8 Å². The van der Waals surface area contributed by atoms with Crippen molar-refractivity contribution < 1.29 is 9.59 Å². The lowest BCUT2D eigenvalue weighted by Crippen LogP contribution is -2.34. The highest BCUT2D eigenvalue weighted by Gasteiger charge is 2.31. The molecule has 1 aliphatic heterocycles. The average molecular weight is 257 g/mol. The Bertz CT molecular complexity index is 490. The summed E-state index contributed by atoms with van der Waals surface area (Å²) in [4.78, 5) is 26.3. The summed E-state index contributed by atoms with van der Waals surface area (Å²) in [7, 11) is 0. The van der Waals surface area contributed by atoms with Crippen molar-refractivity contribution in [2.75, 3.05) is 6.54 Å². The number of aryl methyl sites for hydroxylation is 1. The van der Waals surface area contributed by atoms with E-state index in [9.17, 15) is 9.59 Å². The third-order valence-electron chi connectivity index (χ3n) is 3.60. The summed E-state index contributed by atoms with van der Waals surface area (Å²) >= 11 is 0. The molecule has 1 aliphatic rings. The quantitative estimate of drug-likeness (QED) is 0.616. The number of benzene rings is 1. The number of amides is 1. The first-order valence-corrected chi connectivity index (χ1v) is 6.67. The highest BCUT2D eigenvalue weighted by molar-refractivity contribution is 6.10. The Morgan fingerprint density at radius 3 is 2.63 bits per heavy atom. The molecule has 0 radical (unpaired) electrons. The fourth-order valence-corrected chi connectivity index (χ4v) is 2.41. The van der Waals surface area contributed by atoms with Gasteiger partial charge in [-0.15, -0.1) is 0 Å². The van der Waals surface area contributed by atoms with Gasteiger partial charge in [0.2, 0.25) is 5.91 Å². The first-order valence-electron chi connectivity index (χ1n) is 6.67. The lowest BCUT2D eigenvalue weighted by Gasteiger charge is -2.19. The van der Waals surface area contributed by atoms with Gasteiger partial charge in [0, 0.05) is 12.1 Å². The molecule has 19 heavy (non-hydrogen) atoms. The maximum atomic E-state index is 12.5. The van der Waals surface area contributed by atoms with Crippen LogP contribution in [0.15, 0.2) is 37.0 Å². The van der Waals surface area contributed by atoms with Crippen LogP contribution < -0.4 is 0 Å². The van der Waals surface area contributed by atoms with E-state index in [1.165, 1.54) is 6.20 Å². The summed E-state index contributed by atoms with van der Waals surface area (Å²) in [6, 6.07) is 7.40. The van der Waals surface area contributed by atoms with Gasteiger partial charge in [-0.3, -0.25) is 9.59 Å². The molecule has 1 amide bonds. The van der Waals surface area contributed by atoms with E-state index in [0.717, 1.165) is 18.4 Å². The van der Waals surface area contributed by atoms with Crippen LogP contribution in [0.3, 0.4) is 0 Å². The number of hydrogen-bond donors (Lipinski definition) is 0. The molecule has 1 fully saturated rings. The highest BCUT2D eigenvalue weighted by Crippen LogP contribution is 2.22. The number of carbonyl (C=O) groups excluding carboxylic acids is 2. The zero-order valence-electron chi connectivity index (χ0n) is 11.3. The SMILES string of the molecule is C=CN1CCCC[C@H](C(=O)c2ccc(C)cc2)C1=O. The molecule has 0 N–H and O–H groups in total. The van der Waals surface area contributed by atoms with Gasteiger partial charge in [0.1, 0.15) is 5.92 Å². The monoisotopic (exact) mass is 257 g/mol. The molecule has 3 heteroatoms. The number of likely N-dealkylation sites (tertiary alicyclic amines) is 1. The molecule has 1 saturated heterocycles. The van der Waals surface area contributed by atoms with Gasteiger partial charge in [0.05, 0.1) is 0 Å². The fraction of sp³-hybridized carbons (Fsp3) is 0.375. The van der Waals surface area contributed by atoms with Gasteiger partial charge in [-0.25, -0.2) is 0 Å². The number of rotatable bonds is 3. The van der Waals surface area contributed by atoms with Crippen molar-refractivity contribution in [3.05, 3.63) is 48.2 Å². The van der Waals surface area contributed by atoms with E-state index in [4.69, 9.17) is 0 Å². The van der Waals surface area contributed by atoms with Gasteiger partial charge < -0.3 is 4.90 Å². The molecular formula is C16H19NO2. The molecule has 0 aliphatic carbocycles. The number of ketones is 1. The van der Waals surface area contributed by atoms with Crippen LogP contribution in [0.5, 0.6) is 0 Å². The molecule has 0 bridgehead atoms. The summed E-state index contributed by atoms with van der Waals surface area (Å²) in [5.74, 6) is -0.736. The van der Waals surface area contributed by atoms with Crippen LogP contribution in [0.4, 0.5) is 0 Å². The number of nitrogens with zero attached hydrogens (tertiary/aromatic N) is 1. The zero-order valence-corrected chi connectivity index (χ0v) is 11.3. The minimum Gasteiger partial charge on any atom is -0.319 e. The Morgan fingerprint density at radius 2 is 2.00 bits per heavy atom. The van der Waals surface area contributed by atoms with E-state index in [-0.39, 0.29) is 11.7 Å². The molecule has 1 atom stereocenters. The molecule has 0 unspecified atom stereocenters. The average Bonchev–Trinajstić information content (AvgIpc) is 2.60. The van der Waals surface area contributed by atoms with E-state index in [0.29, 0.717) is 18.5 Å². The molecular weight excluding hydrogens is 238 g/mol. The van der Waals surface area contributed by atoms with E-state index in [2.05, 4.69) is 6.58 Å². The normalized spacial score (nSPS) is 19.9. The first kappa shape index (κ1) is 13.5. The van der Waals surface area contributed by atoms with E-state index in [1.54, 1.807) is 17.0 Å². The molecule has 1 aromatic rings. The minimum atomic E-state index is -0.553. The third kappa shape index (κ3) is 2.92. The molecule has 3 nitrogen and oxygen atoms in total. The Hall–Kier alpha value is -1.90. The van der Waals surface area contributed by atoms with Gasteiger partial charge in [-0.05, 0) is 26.0 Å². The summed E-state index contributed by atoms with van der Waals surface area (Å²) < 4.78 is 0. The maximum Gasteiger partial charge on any atom is 0.237 e. The molecule has 1 heterocycles. The fourth-order valence-electron chi connectivity index (χ4n) is 2.41. The second-order valence-corrected chi connectivity index (χ2v) is 4.99. The summed E-state index contributed by atoms with van der Waals surface area (Å²) in [6.07, 6.45) is 3.99. The second kappa shape index (κ2) is 5.83. The van der Waals surface area contributed by atoms with Crippen molar-refractivity contribution in [1.82, 2.24) is 4.90 Å².